The molecule has 0 aliphatic heterocycles. The number of benzene rings is 1. The monoisotopic (exact) mass is 192 g/mol. The molecule has 0 aliphatic rings. The number of aldehydes is 1. The number of para-hydroxylation sites is 1. The van der Waals surface area contributed by atoms with Gasteiger partial charge in [0.1, 0.15) is 0 Å². The highest BCUT2D eigenvalue weighted by molar-refractivity contribution is 5.79. The summed E-state index contributed by atoms with van der Waals surface area (Å²) >= 11 is 0. The van der Waals surface area contributed by atoms with Crippen LogP contribution < -0.4 is 4.74 Å². The van der Waals surface area contributed by atoms with Crippen LogP contribution in [0, 0.1) is 18.2 Å². The molecule has 0 bridgehead atoms. The highest BCUT2D eigenvalue weighted by atomic mass is 19.1. The van der Waals surface area contributed by atoms with Gasteiger partial charge in [-0.05, 0) is 19.1 Å². The first-order valence-electron chi connectivity index (χ1n) is 4.05. The summed E-state index contributed by atoms with van der Waals surface area (Å²) in [7, 11) is 0. The Morgan fingerprint density at radius 1 is 1.64 bits per heavy atom. The summed E-state index contributed by atoms with van der Waals surface area (Å²) in [6, 6.07) is 4.12. The average Bonchev–Trinajstić information content (AvgIpc) is 2.20. The molecule has 0 radical (unpaired) electrons. The third-order valence-corrected chi connectivity index (χ3v) is 1.65. The number of halogens is 1. The Kier molecular flexibility index (Phi) is 3.24. The zero-order valence-corrected chi connectivity index (χ0v) is 7.66. The van der Waals surface area contributed by atoms with Crippen LogP contribution in [0.2, 0.25) is 0 Å². The SMILES string of the molecule is C#CC(C)Oc1c(F)cccc1C=O. The van der Waals surface area contributed by atoms with Crippen molar-refractivity contribution < 1.29 is 13.9 Å². The Bertz CT molecular complexity index is 379. The van der Waals surface area contributed by atoms with Gasteiger partial charge in [0, 0.05) is 0 Å². The van der Waals surface area contributed by atoms with E-state index in [0.29, 0.717) is 6.29 Å². The van der Waals surface area contributed by atoms with E-state index in [1.165, 1.54) is 18.2 Å². The molecule has 2 nitrogen and oxygen atoms in total. The van der Waals surface area contributed by atoms with Gasteiger partial charge in [-0.15, -0.1) is 6.42 Å². The summed E-state index contributed by atoms with van der Waals surface area (Å²) < 4.78 is 18.3. The first kappa shape index (κ1) is 10.3. The molecule has 1 rings (SSSR count). The summed E-state index contributed by atoms with van der Waals surface area (Å²) in [4.78, 5) is 10.6. The molecule has 0 heterocycles. The molecule has 0 saturated carbocycles. The van der Waals surface area contributed by atoms with Gasteiger partial charge in [0.2, 0.25) is 0 Å². The van der Waals surface area contributed by atoms with Crippen molar-refractivity contribution in [2.45, 2.75) is 13.0 Å². The predicted octanol–water partition coefficient (Wildman–Crippen LogP) is 2.04. The first-order chi connectivity index (χ1) is 6.69. The van der Waals surface area contributed by atoms with Crippen molar-refractivity contribution in [1.29, 1.82) is 0 Å². The highest BCUT2D eigenvalue weighted by Gasteiger charge is 2.11. The van der Waals surface area contributed by atoms with Crippen molar-refractivity contribution in [3.05, 3.63) is 29.6 Å². The minimum atomic E-state index is -0.586. The lowest BCUT2D eigenvalue weighted by Gasteiger charge is -2.11. The van der Waals surface area contributed by atoms with Crippen LogP contribution in [0.25, 0.3) is 0 Å². The lowest BCUT2D eigenvalue weighted by atomic mass is 10.2. The predicted molar refractivity (Wildman–Crippen MR) is 50.7 cm³/mol. The van der Waals surface area contributed by atoms with E-state index in [0.717, 1.165) is 0 Å². The lowest BCUT2D eigenvalue weighted by Crippen LogP contribution is -2.10. The van der Waals surface area contributed by atoms with E-state index in [-0.39, 0.29) is 11.3 Å². The molecule has 0 spiro atoms. The quantitative estimate of drug-likeness (QED) is 0.541. The fraction of sp³-hybridized carbons (Fsp3) is 0.182. The fourth-order valence-electron chi connectivity index (χ4n) is 0.953. The molecule has 1 atom stereocenters. The minimum absolute atomic E-state index is 0.0899. The second-order valence-corrected chi connectivity index (χ2v) is 2.70. The Labute approximate surface area is 81.7 Å². The summed E-state index contributed by atoms with van der Waals surface area (Å²) in [5.74, 6) is 1.61. The van der Waals surface area contributed by atoms with E-state index in [1.54, 1.807) is 6.92 Å². The molecule has 1 unspecified atom stereocenters. The number of carbonyl (C=O) groups excluding carboxylic acids is 1. The molecule has 0 fully saturated rings. The molecule has 0 aliphatic carbocycles. The van der Waals surface area contributed by atoms with Crippen molar-refractivity contribution >= 4 is 6.29 Å². The van der Waals surface area contributed by atoms with Crippen molar-refractivity contribution in [2.24, 2.45) is 0 Å². The second kappa shape index (κ2) is 4.43. The van der Waals surface area contributed by atoms with Gasteiger partial charge in [-0.25, -0.2) is 4.39 Å². The molecule has 0 N–H and O–H groups in total. The molecule has 14 heavy (non-hydrogen) atoms. The Morgan fingerprint density at radius 3 is 2.93 bits per heavy atom. The molecule has 1 aromatic carbocycles. The third-order valence-electron chi connectivity index (χ3n) is 1.65. The Morgan fingerprint density at radius 2 is 2.36 bits per heavy atom. The highest BCUT2D eigenvalue weighted by Crippen LogP contribution is 2.22. The van der Waals surface area contributed by atoms with Crippen LogP contribution in [-0.2, 0) is 0 Å². The van der Waals surface area contributed by atoms with Gasteiger partial charge < -0.3 is 4.74 Å². The standard InChI is InChI=1S/C11H9FO2/c1-3-8(2)14-11-9(7-13)5-4-6-10(11)12/h1,4-8H,2H3. The van der Waals surface area contributed by atoms with Crippen molar-refractivity contribution in [1.82, 2.24) is 0 Å². The van der Waals surface area contributed by atoms with E-state index in [9.17, 15) is 9.18 Å². The molecule has 1 aromatic rings. The van der Waals surface area contributed by atoms with E-state index in [4.69, 9.17) is 11.2 Å². The van der Waals surface area contributed by atoms with Crippen LogP contribution in [0.15, 0.2) is 18.2 Å². The maximum absolute atomic E-state index is 13.2. The lowest BCUT2D eigenvalue weighted by molar-refractivity contribution is 0.111. The Balaban J connectivity index is 3.06. The third kappa shape index (κ3) is 2.11. The summed E-state index contributed by atoms with van der Waals surface area (Å²) in [5.41, 5.74) is 0.159. The topological polar surface area (TPSA) is 26.3 Å². The average molecular weight is 192 g/mol. The number of terminal acetylenes is 1. The zero-order valence-electron chi connectivity index (χ0n) is 7.66. The number of hydrogen-bond donors (Lipinski definition) is 0. The van der Waals surface area contributed by atoms with E-state index in [1.807, 2.05) is 0 Å². The summed E-state index contributed by atoms with van der Waals surface area (Å²) in [6.07, 6.45) is 5.04. The Hall–Kier alpha value is -1.82. The largest absolute Gasteiger partial charge is 0.474 e. The second-order valence-electron chi connectivity index (χ2n) is 2.70. The van der Waals surface area contributed by atoms with Crippen LogP contribution in [0.4, 0.5) is 4.39 Å². The van der Waals surface area contributed by atoms with Gasteiger partial charge in [0.05, 0.1) is 5.56 Å². The van der Waals surface area contributed by atoms with Crippen molar-refractivity contribution in [2.75, 3.05) is 0 Å². The summed E-state index contributed by atoms with van der Waals surface area (Å²) in [6.45, 7) is 1.60. The number of rotatable bonds is 3. The molecule has 72 valence electrons. The molecular weight excluding hydrogens is 183 g/mol. The maximum atomic E-state index is 13.2. The van der Waals surface area contributed by atoms with Crippen LogP contribution in [-0.4, -0.2) is 12.4 Å². The van der Waals surface area contributed by atoms with Gasteiger partial charge in [0.15, 0.2) is 24.0 Å². The van der Waals surface area contributed by atoms with E-state index >= 15 is 0 Å². The van der Waals surface area contributed by atoms with Gasteiger partial charge in [-0.3, -0.25) is 4.79 Å². The van der Waals surface area contributed by atoms with Gasteiger partial charge >= 0.3 is 0 Å². The van der Waals surface area contributed by atoms with Crippen molar-refractivity contribution in [3.63, 3.8) is 0 Å². The smallest absolute Gasteiger partial charge is 0.167 e. The van der Waals surface area contributed by atoms with Crippen molar-refractivity contribution in [3.8, 4) is 18.1 Å². The fourth-order valence-corrected chi connectivity index (χ4v) is 0.953. The van der Waals surface area contributed by atoms with Crippen LogP contribution in [0.3, 0.4) is 0 Å². The van der Waals surface area contributed by atoms with E-state index in [2.05, 4.69) is 5.92 Å². The number of ether oxygens (including phenoxy) is 1. The van der Waals surface area contributed by atoms with Crippen LogP contribution in [0.1, 0.15) is 17.3 Å². The molecular formula is C11H9FO2. The van der Waals surface area contributed by atoms with Crippen LogP contribution in [0.5, 0.6) is 5.75 Å². The molecule has 0 amide bonds. The van der Waals surface area contributed by atoms with Gasteiger partial charge in [-0.2, -0.15) is 0 Å². The first-order valence-corrected chi connectivity index (χ1v) is 4.05. The van der Waals surface area contributed by atoms with Gasteiger partial charge in [0.25, 0.3) is 0 Å². The maximum Gasteiger partial charge on any atom is 0.167 e. The summed E-state index contributed by atoms with van der Waals surface area (Å²) in [5, 5.41) is 0. The van der Waals surface area contributed by atoms with E-state index < -0.39 is 11.9 Å². The van der Waals surface area contributed by atoms with Crippen LogP contribution >= 0.6 is 0 Å². The molecule has 0 aromatic heterocycles. The van der Waals surface area contributed by atoms with Gasteiger partial charge in [-0.1, -0.05) is 12.0 Å². The molecule has 3 heteroatoms. The normalized spacial score (nSPS) is 11.5. The molecule has 0 saturated heterocycles. The minimum Gasteiger partial charge on any atom is -0.474 e. The number of hydrogen-bond acceptors (Lipinski definition) is 2. The zero-order chi connectivity index (χ0) is 10.6. The number of carbonyl (C=O) groups is 1.